The predicted molar refractivity (Wildman–Crippen MR) is 83.5 cm³/mol. The molecule has 1 unspecified atom stereocenters. The lowest BCUT2D eigenvalue weighted by molar-refractivity contribution is 0.192. The number of unbranched alkanes of at least 4 members (excludes halogenated alkanes) is 1. The molecule has 108 valence electrons. The summed E-state index contributed by atoms with van der Waals surface area (Å²) in [5.41, 5.74) is 1.31. The monoisotopic (exact) mass is 263 g/mol. The molecule has 0 saturated carbocycles. The first-order valence-electron chi connectivity index (χ1n) is 7.64. The molecular formula is C16H29N3. The van der Waals surface area contributed by atoms with Gasteiger partial charge in [0, 0.05) is 30.9 Å². The highest BCUT2D eigenvalue weighted by atomic mass is 15.1. The Kier molecular flexibility index (Phi) is 7.49. The van der Waals surface area contributed by atoms with E-state index in [4.69, 9.17) is 0 Å². The largest absolute Gasteiger partial charge is 0.370 e. The third-order valence-corrected chi connectivity index (χ3v) is 3.62. The molecule has 1 heterocycles. The highest BCUT2D eigenvalue weighted by Crippen LogP contribution is 2.17. The minimum atomic E-state index is 0.626. The summed E-state index contributed by atoms with van der Waals surface area (Å²) in [6, 6.07) is 4.85. The van der Waals surface area contributed by atoms with Crippen LogP contribution in [0.4, 0.5) is 5.82 Å². The number of pyridine rings is 1. The Morgan fingerprint density at radius 3 is 2.74 bits per heavy atom. The summed E-state index contributed by atoms with van der Waals surface area (Å²) >= 11 is 0. The first-order chi connectivity index (χ1) is 9.22. The molecule has 0 aliphatic carbocycles. The third-order valence-electron chi connectivity index (χ3n) is 3.62. The number of hydrogen-bond acceptors (Lipinski definition) is 3. The lowest BCUT2D eigenvalue weighted by Gasteiger charge is -2.29. The van der Waals surface area contributed by atoms with E-state index in [1.54, 1.807) is 0 Å². The van der Waals surface area contributed by atoms with Crippen molar-refractivity contribution in [3.63, 3.8) is 0 Å². The number of anilines is 1. The van der Waals surface area contributed by atoms with Crippen molar-refractivity contribution in [3.8, 4) is 0 Å². The van der Waals surface area contributed by atoms with Gasteiger partial charge in [0.1, 0.15) is 5.82 Å². The summed E-state index contributed by atoms with van der Waals surface area (Å²) in [7, 11) is 0. The Morgan fingerprint density at radius 2 is 2.11 bits per heavy atom. The van der Waals surface area contributed by atoms with E-state index >= 15 is 0 Å². The summed E-state index contributed by atoms with van der Waals surface area (Å²) in [5.74, 6) is 1.04. The van der Waals surface area contributed by atoms with Crippen LogP contribution < -0.4 is 5.32 Å². The maximum atomic E-state index is 4.45. The fraction of sp³-hybridized carbons (Fsp3) is 0.688. The van der Waals surface area contributed by atoms with Crippen LogP contribution in [0.2, 0.25) is 0 Å². The van der Waals surface area contributed by atoms with Gasteiger partial charge in [0.15, 0.2) is 0 Å². The Morgan fingerprint density at radius 1 is 1.32 bits per heavy atom. The minimum absolute atomic E-state index is 0.626. The van der Waals surface area contributed by atoms with Crippen LogP contribution in [0.5, 0.6) is 0 Å². The predicted octanol–water partition coefficient (Wildman–Crippen LogP) is 3.91. The Balaban J connectivity index is 2.76. The van der Waals surface area contributed by atoms with Crippen molar-refractivity contribution in [2.75, 3.05) is 18.4 Å². The van der Waals surface area contributed by atoms with Crippen molar-refractivity contribution in [1.29, 1.82) is 0 Å². The van der Waals surface area contributed by atoms with Gasteiger partial charge >= 0.3 is 0 Å². The maximum absolute atomic E-state index is 4.45. The molecule has 1 rings (SSSR count). The molecule has 0 aliphatic rings. The summed E-state index contributed by atoms with van der Waals surface area (Å²) in [5, 5.41) is 3.36. The molecule has 1 aromatic heterocycles. The standard InChI is InChI=1S/C16H29N3/c1-5-8-12-19(14(4)6-2)13-15-10-9-11-18-16(15)17-7-3/h9-11,14H,5-8,12-13H2,1-4H3,(H,17,18). The topological polar surface area (TPSA) is 28.2 Å². The number of aromatic nitrogens is 1. The lowest BCUT2D eigenvalue weighted by Crippen LogP contribution is -2.33. The fourth-order valence-corrected chi connectivity index (χ4v) is 2.19. The zero-order valence-electron chi connectivity index (χ0n) is 12.9. The Labute approximate surface area is 118 Å². The van der Waals surface area contributed by atoms with Crippen molar-refractivity contribution in [2.45, 2.75) is 59.5 Å². The number of nitrogens with zero attached hydrogens (tertiary/aromatic N) is 2. The van der Waals surface area contributed by atoms with Gasteiger partial charge in [-0.15, -0.1) is 0 Å². The number of rotatable bonds is 9. The summed E-state index contributed by atoms with van der Waals surface area (Å²) in [6.07, 6.45) is 5.57. The smallest absolute Gasteiger partial charge is 0.130 e. The van der Waals surface area contributed by atoms with Crippen LogP contribution in [0.1, 0.15) is 52.5 Å². The molecular weight excluding hydrogens is 234 g/mol. The Bertz CT molecular complexity index is 352. The number of nitrogens with one attached hydrogen (secondary N) is 1. The van der Waals surface area contributed by atoms with E-state index in [0.29, 0.717) is 6.04 Å². The Hall–Kier alpha value is -1.09. The van der Waals surface area contributed by atoms with Gasteiger partial charge in [0.25, 0.3) is 0 Å². The highest BCUT2D eigenvalue weighted by molar-refractivity contribution is 5.43. The quantitative estimate of drug-likeness (QED) is 0.732. The van der Waals surface area contributed by atoms with Crippen molar-refractivity contribution in [2.24, 2.45) is 0 Å². The molecule has 0 saturated heterocycles. The lowest BCUT2D eigenvalue weighted by atomic mass is 10.1. The van der Waals surface area contributed by atoms with E-state index < -0.39 is 0 Å². The molecule has 0 amide bonds. The van der Waals surface area contributed by atoms with Gasteiger partial charge in [-0.3, -0.25) is 4.90 Å². The molecule has 0 spiro atoms. The second kappa shape index (κ2) is 8.92. The summed E-state index contributed by atoms with van der Waals surface area (Å²) < 4.78 is 0. The second-order valence-corrected chi connectivity index (χ2v) is 5.12. The van der Waals surface area contributed by atoms with E-state index in [2.05, 4.69) is 49.0 Å². The minimum Gasteiger partial charge on any atom is -0.370 e. The van der Waals surface area contributed by atoms with E-state index in [1.807, 2.05) is 12.3 Å². The van der Waals surface area contributed by atoms with Gasteiger partial charge in [0.05, 0.1) is 0 Å². The van der Waals surface area contributed by atoms with Gasteiger partial charge in [0.2, 0.25) is 0 Å². The molecule has 0 radical (unpaired) electrons. The third kappa shape index (κ3) is 5.19. The molecule has 1 N–H and O–H groups in total. The first kappa shape index (κ1) is 16.0. The normalized spacial score (nSPS) is 12.7. The van der Waals surface area contributed by atoms with Crippen LogP contribution in [-0.2, 0) is 6.54 Å². The molecule has 3 heteroatoms. The van der Waals surface area contributed by atoms with Crippen molar-refractivity contribution in [3.05, 3.63) is 23.9 Å². The SMILES string of the molecule is CCCCN(Cc1cccnc1NCC)C(C)CC. The van der Waals surface area contributed by atoms with Gasteiger partial charge in [-0.25, -0.2) is 4.98 Å². The summed E-state index contributed by atoms with van der Waals surface area (Å²) in [4.78, 5) is 7.02. The van der Waals surface area contributed by atoms with Crippen LogP contribution in [0.25, 0.3) is 0 Å². The summed E-state index contributed by atoms with van der Waals surface area (Å²) in [6.45, 7) is 12.0. The van der Waals surface area contributed by atoms with Crippen LogP contribution in [-0.4, -0.2) is 29.0 Å². The van der Waals surface area contributed by atoms with Gasteiger partial charge in [-0.05, 0) is 39.3 Å². The van der Waals surface area contributed by atoms with Gasteiger partial charge in [-0.1, -0.05) is 26.3 Å². The van der Waals surface area contributed by atoms with Gasteiger partial charge in [-0.2, -0.15) is 0 Å². The van der Waals surface area contributed by atoms with Crippen LogP contribution in [0, 0.1) is 0 Å². The van der Waals surface area contributed by atoms with Crippen molar-refractivity contribution >= 4 is 5.82 Å². The zero-order valence-corrected chi connectivity index (χ0v) is 12.9. The van der Waals surface area contributed by atoms with Crippen molar-refractivity contribution in [1.82, 2.24) is 9.88 Å². The average Bonchev–Trinajstić information content (AvgIpc) is 2.44. The zero-order chi connectivity index (χ0) is 14.1. The van der Waals surface area contributed by atoms with Crippen LogP contribution in [0.3, 0.4) is 0 Å². The second-order valence-electron chi connectivity index (χ2n) is 5.12. The van der Waals surface area contributed by atoms with Crippen LogP contribution in [0.15, 0.2) is 18.3 Å². The molecule has 0 fully saturated rings. The molecule has 19 heavy (non-hydrogen) atoms. The van der Waals surface area contributed by atoms with Gasteiger partial charge < -0.3 is 5.32 Å². The highest BCUT2D eigenvalue weighted by Gasteiger charge is 2.14. The molecule has 0 aliphatic heterocycles. The molecule has 3 nitrogen and oxygen atoms in total. The molecule has 0 aromatic carbocycles. The average molecular weight is 263 g/mol. The van der Waals surface area contributed by atoms with E-state index in [9.17, 15) is 0 Å². The molecule has 1 aromatic rings. The van der Waals surface area contributed by atoms with E-state index in [0.717, 1.165) is 18.9 Å². The first-order valence-corrected chi connectivity index (χ1v) is 7.64. The maximum Gasteiger partial charge on any atom is 0.130 e. The van der Waals surface area contributed by atoms with E-state index in [-0.39, 0.29) is 0 Å². The van der Waals surface area contributed by atoms with Crippen molar-refractivity contribution < 1.29 is 0 Å². The van der Waals surface area contributed by atoms with E-state index in [1.165, 1.54) is 31.4 Å². The fourth-order valence-electron chi connectivity index (χ4n) is 2.19. The van der Waals surface area contributed by atoms with Crippen LogP contribution >= 0.6 is 0 Å². The molecule has 1 atom stereocenters. The number of hydrogen-bond donors (Lipinski definition) is 1. The molecule has 0 bridgehead atoms.